The molecular formula is C18H21N3O4. The van der Waals surface area contributed by atoms with Crippen molar-refractivity contribution in [3.63, 3.8) is 0 Å². The highest BCUT2D eigenvalue weighted by Gasteiger charge is 2.42. The molecule has 2 aliphatic rings. The van der Waals surface area contributed by atoms with Crippen molar-refractivity contribution in [1.29, 1.82) is 0 Å². The lowest BCUT2D eigenvalue weighted by Crippen LogP contribution is -2.51. The maximum atomic E-state index is 12.6. The van der Waals surface area contributed by atoms with Gasteiger partial charge in [0, 0.05) is 13.1 Å². The van der Waals surface area contributed by atoms with E-state index >= 15 is 0 Å². The monoisotopic (exact) mass is 343 g/mol. The molecule has 2 heterocycles. The smallest absolute Gasteiger partial charge is 0.338 e. The fourth-order valence-corrected chi connectivity index (χ4v) is 3.19. The Morgan fingerprint density at radius 1 is 1.24 bits per heavy atom. The summed E-state index contributed by atoms with van der Waals surface area (Å²) in [5.41, 5.74) is 1.68. The molecule has 1 aromatic rings. The lowest BCUT2D eigenvalue weighted by Gasteiger charge is -2.33. The Hall–Kier alpha value is -2.83. The SMILES string of the molecule is CCN(CC)C(=O)CN1C(=O)NC(c2ccccc2)C2=C1COC2=O. The molecule has 3 amide bonds. The molecule has 0 aromatic heterocycles. The molecule has 0 radical (unpaired) electrons. The fourth-order valence-electron chi connectivity index (χ4n) is 3.19. The number of cyclic esters (lactones) is 1. The summed E-state index contributed by atoms with van der Waals surface area (Å²) in [4.78, 5) is 40.2. The van der Waals surface area contributed by atoms with Crippen LogP contribution in [0.2, 0.25) is 0 Å². The second kappa shape index (κ2) is 6.96. The number of likely N-dealkylation sites (N-methyl/N-ethyl adjacent to an activating group) is 1. The zero-order chi connectivity index (χ0) is 18.0. The van der Waals surface area contributed by atoms with E-state index in [-0.39, 0.29) is 19.1 Å². The molecule has 1 atom stereocenters. The maximum absolute atomic E-state index is 12.6. The second-order valence-corrected chi connectivity index (χ2v) is 5.88. The van der Waals surface area contributed by atoms with Crippen LogP contribution in [-0.4, -0.2) is 53.9 Å². The molecule has 25 heavy (non-hydrogen) atoms. The van der Waals surface area contributed by atoms with Crippen LogP contribution in [0.4, 0.5) is 4.79 Å². The summed E-state index contributed by atoms with van der Waals surface area (Å²) in [5, 5.41) is 2.82. The summed E-state index contributed by atoms with van der Waals surface area (Å²) in [6.07, 6.45) is 0. The van der Waals surface area contributed by atoms with Crippen LogP contribution < -0.4 is 5.32 Å². The number of ether oxygens (including phenoxy) is 1. The highest BCUT2D eigenvalue weighted by molar-refractivity contribution is 5.98. The molecule has 0 fully saturated rings. The highest BCUT2D eigenvalue weighted by Crippen LogP contribution is 2.34. The third-order valence-electron chi connectivity index (χ3n) is 4.54. The van der Waals surface area contributed by atoms with Crippen molar-refractivity contribution in [3.05, 3.63) is 47.2 Å². The van der Waals surface area contributed by atoms with Crippen LogP contribution in [0.3, 0.4) is 0 Å². The van der Waals surface area contributed by atoms with Crippen LogP contribution in [0.15, 0.2) is 41.6 Å². The van der Waals surface area contributed by atoms with Gasteiger partial charge in [0.1, 0.15) is 13.2 Å². The minimum absolute atomic E-state index is 0.0104. The molecule has 1 aromatic carbocycles. The van der Waals surface area contributed by atoms with Gasteiger partial charge in [0.2, 0.25) is 5.91 Å². The molecule has 2 aliphatic heterocycles. The molecule has 7 heteroatoms. The van der Waals surface area contributed by atoms with E-state index in [1.54, 1.807) is 4.90 Å². The van der Waals surface area contributed by atoms with Gasteiger partial charge < -0.3 is 15.0 Å². The fraction of sp³-hybridized carbons (Fsp3) is 0.389. The molecule has 0 saturated carbocycles. The van der Waals surface area contributed by atoms with Crippen LogP contribution in [0.25, 0.3) is 0 Å². The van der Waals surface area contributed by atoms with E-state index in [2.05, 4.69) is 5.32 Å². The summed E-state index contributed by atoms with van der Waals surface area (Å²) in [7, 11) is 0. The van der Waals surface area contributed by atoms with E-state index in [1.165, 1.54) is 4.90 Å². The van der Waals surface area contributed by atoms with E-state index in [9.17, 15) is 14.4 Å². The van der Waals surface area contributed by atoms with Crippen molar-refractivity contribution in [1.82, 2.24) is 15.1 Å². The van der Waals surface area contributed by atoms with Gasteiger partial charge in [-0.2, -0.15) is 0 Å². The number of amides is 3. The lowest BCUT2D eigenvalue weighted by atomic mass is 9.96. The van der Waals surface area contributed by atoms with Crippen LogP contribution >= 0.6 is 0 Å². The quantitative estimate of drug-likeness (QED) is 0.821. The molecular weight excluding hydrogens is 322 g/mol. The first-order chi connectivity index (χ1) is 12.1. The zero-order valence-electron chi connectivity index (χ0n) is 14.3. The first-order valence-corrected chi connectivity index (χ1v) is 8.37. The van der Waals surface area contributed by atoms with E-state index in [1.807, 2.05) is 44.2 Å². The molecule has 0 aliphatic carbocycles. The van der Waals surface area contributed by atoms with Gasteiger partial charge in [-0.1, -0.05) is 30.3 Å². The molecule has 0 bridgehead atoms. The number of esters is 1. The Kier molecular flexibility index (Phi) is 4.74. The third-order valence-corrected chi connectivity index (χ3v) is 4.54. The number of benzene rings is 1. The Labute approximate surface area is 146 Å². The summed E-state index contributed by atoms with van der Waals surface area (Å²) < 4.78 is 5.15. The highest BCUT2D eigenvalue weighted by atomic mass is 16.5. The minimum atomic E-state index is -0.557. The first kappa shape index (κ1) is 17.0. The topological polar surface area (TPSA) is 79.0 Å². The van der Waals surface area contributed by atoms with Gasteiger partial charge in [-0.05, 0) is 19.4 Å². The zero-order valence-corrected chi connectivity index (χ0v) is 14.3. The van der Waals surface area contributed by atoms with Crippen molar-refractivity contribution in [2.75, 3.05) is 26.2 Å². The minimum Gasteiger partial charge on any atom is -0.456 e. The summed E-state index contributed by atoms with van der Waals surface area (Å²) >= 11 is 0. The van der Waals surface area contributed by atoms with Gasteiger partial charge in [-0.25, -0.2) is 9.59 Å². The molecule has 132 valence electrons. The second-order valence-electron chi connectivity index (χ2n) is 5.88. The molecule has 7 nitrogen and oxygen atoms in total. The van der Waals surface area contributed by atoms with Crippen LogP contribution in [0.5, 0.6) is 0 Å². The Morgan fingerprint density at radius 3 is 2.56 bits per heavy atom. The first-order valence-electron chi connectivity index (χ1n) is 8.37. The van der Waals surface area contributed by atoms with Crippen molar-refractivity contribution in [2.24, 2.45) is 0 Å². The number of nitrogens with zero attached hydrogens (tertiary/aromatic N) is 2. The summed E-state index contributed by atoms with van der Waals surface area (Å²) in [5.74, 6) is -0.617. The summed E-state index contributed by atoms with van der Waals surface area (Å²) in [6.45, 7) is 4.81. The molecule has 0 spiro atoms. The molecule has 0 saturated heterocycles. The normalized spacial score (nSPS) is 19.4. The van der Waals surface area contributed by atoms with E-state index in [0.717, 1.165) is 5.56 Å². The Morgan fingerprint density at radius 2 is 1.92 bits per heavy atom. The van der Waals surface area contributed by atoms with Gasteiger partial charge in [-0.15, -0.1) is 0 Å². The average molecular weight is 343 g/mol. The van der Waals surface area contributed by atoms with E-state index in [0.29, 0.717) is 24.4 Å². The number of carbonyl (C=O) groups is 3. The van der Waals surface area contributed by atoms with E-state index in [4.69, 9.17) is 4.74 Å². The predicted octanol–water partition coefficient (Wildman–Crippen LogP) is 1.43. The van der Waals surface area contributed by atoms with Gasteiger partial charge >= 0.3 is 12.0 Å². The molecule has 1 unspecified atom stereocenters. The number of rotatable bonds is 5. The van der Waals surface area contributed by atoms with Gasteiger partial charge in [0.25, 0.3) is 0 Å². The van der Waals surface area contributed by atoms with E-state index < -0.39 is 18.0 Å². The van der Waals surface area contributed by atoms with Gasteiger partial charge in [0.05, 0.1) is 17.3 Å². The van der Waals surface area contributed by atoms with Crippen molar-refractivity contribution in [3.8, 4) is 0 Å². The van der Waals surface area contributed by atoms with Crippen LogP contribution in [-0.2, 0) is 14.3 Å². The average Bonchev–Trinajstić information content (AvgIpc) is 3.01. The largest absolute Gasteiger partial charge is 0.456 e. The number of hydrogen-bond acceptors (Lipinski definition) is 4. The Bertz CT molecular complexity index is 725. The number of urea groups is 1. The number of carbonyl (C=O) groups excluding carboxylic acids is 3. The third kappa shape index (κ3) is 3.09. The van der Waals surface area contributed by atoms with Crippen molar-refractivity contribution >= 4 is 17.9 Å². The van der Waals surface area contributed by atoms with Gasteiger partial charge in [0.15, 0.2) is 0 Å². The molecule has 1 N–H and O–H groups in total. The molecule has 3 rings (SSSR count). The standard InChI is InChI=1S/C18H21N3O4/c1-3-20(4-2)14(22)10-21-13-11-25-17(23)15(13)16(19-18(21)24)12-8-6-5-7-9-12/h5-9,16H,3-4,10-11H2,1-2H3,(H,19,24). The van der Waals surface area contributed by atoms with Crippen LogP contribution in [0.1, 0.15) is 25.5 Å². The Balaban J connectivity index is 1.93. The van der Waals surface area contributed by atoms with Crippen LogP contribution in [0, 0.1) is 0 Å². The number of hydrogen-bond donors (Lipinski definition) is 1. The summed E-state index contributed by atoms with van der Waals surface area (Å²) in [6, 6.07) is 8.29. The predicted molar refractivity (Wildman–Crippen MR) is 90.3 cm³/mol. The number of nitrogens with one attached hydrogen (secondary N) is 1. The van der Waals surface area contributed by atoms with Crippen molar-refractivity contribution in [2.45, 2.75) is 19.9 Å². The van der Waals surface area contributed by atoms with Crippen molar-refractivity contribution < 1.29 is 19.1 Å². The lowest BCUT2D eigenvalue weighted by molar-refractivity contribution is -0.136. The van der Waals surface area contributed by atoms with Gasteiger partial charge in [-0.3, -0.25) is 9.69 Å². The maximum Gasteiger partial charge on any atom is 0.338 e.